The predicted octanol–water partition coefficient (Wildman–Crippen LogP) is 3.52. The minimum atomic E-state index is -0.153. The number of carbonyl (C=O) groups is 2. The van der Waals surface area contributed by atoms with Gasteiger partial charge in [-0.3, -0.25) is 9.59 Å². The summed E-state index contributed by atoms with van der Waals surface area (Å²) in [4.78, 5) is 31.5. The average Bonchev–Trinajstić information content (AvgIpc) is 3.20. The third-order valence-electron chi connectivity index (χ3n) is 4.81. The van der Waals surface area contributed by atoms with Crippen molar-refractivity contribution in [1.29, 1.82) is 0 Å². The molecule has 1 aromatic carbocycles. The molecule has 2 heterocycles. The standard InChI is InChI=1S/C21H28N4O3S/c1-14(2)11-22-19(26)15-6-5-9-25(12-15)20(27)18-13-29-21(24-18)23-16-7-4-8-17(10-16)28-3/h4,7-8,10,13-15H,5-6,9,11-12H2,1-3H3,(H,22,26)(H,23,24). The number of hydrogen-bond acceptors (Lipinski definition) is 6. The zero-order valence-electron chi connectivity index (χ0n) is 17.1. The number of thiazole rings is 1. The summed E-state index contributed by atoms with van der Waals surface area (Å²) >= 11 is 1.38. The first-order valence-corrected chi connectivity index (χ1v) is 10.8. The van der Waals surface area contributed by atoms with Crippen LogP contribution in [0, 0.1) is 11.8 Å². The first-order valence-electron chi connectivity index (χ1n) is 9.90. The van der Waals surface area contributed by atoms with E-state index >= 15 is 0 Å². The number of nitrogens with one attached hydrogen (secondary N) is 2. The van der Waals surface area contributed by atoms with E-state index in [1.165, 1.54) is 11.3 Å². The SMILES string of the molecule is COc1cccc(Nc2nc(C(=O)N3CCCC(C(=O)NCC(C)C)C3)cs2)c1. The summed E-state index contributed by atoms with van der Waals surface area (Å²) in [5.41, 5.74) is 1.25. The van der Waals surface area contributed by atoms with Gasteiger partial charge in [0.25, 0.3) is 5.91 Å². The Morgan fingerprint density at radius 1 is 1.38 bits per heavy atom. The van der Waals surface area contributed by atoms with Crippen molar-refractivity contribution in [2.24, 2.45) is 11.8 Å². The van der Waals surface area contributed by atoms with E-state index in [4.69, 9.17) is 4.74 Å². The Bertz CT molecular complexity index is 852. The van der Waals surface area contributed by atoms with Gasteiger partial charge in [-0.05, 0) is 30.9 Å². The van der Waals surface area contributed by atoms with Gasteiger partial charge in [0.2, 0.25) is 5.91 Å². The Hall–Kier alpha value is -2.61. The third-order valence-corrected chi connectivity index (χ3v) is 5.57. The molecule has 1 aliphatic heterocycles. The Labute approximate surface area is 175 Å². The van der Waals surface area contributed by atoms with E-state index in [1.807, 2.05) is 24.3 Å². The fourth-order valence-electron chi connectivity index (χ4n) is 3.24. The lowest BCUT2D eigenvalue weighted by atomic mass is 9.96. The van der Waals surface area contributed by atoms with E-state index in [0.29, 0.717) is 36.4 Å². The summed E-state index contributed by atoms with van der Waals surface area (Å²) in [7, 11) is 1.62. The van der Waals surface area contributed by atoms with Gasteiger partial charge in [0.15, 0.2) is 5.13 Å². The number of amides is 2. The average molecular weight is 417 g/mol. The van der Waals surface area contributed by atoms with Crippen LogP contribution >= 0.6 is 11.3 Å². The second kappa shape index (κ2) is 9.73. The maximum absolute atomic E-state index is 12.9. The molecule has 1 atom stereocenters. The Morgan fingerprint density at radius 3 is 2.97 bits per heavy atom. The van der Waals surface area contributed by atoms with Gasteiger partial charge in [-0.15, -0.1) is 11.3 Å². The number of anilines is 2. The molecule has 0 saturated carbocycles. The van der Waals surface area contributed by atoms with E-state index in [1.54, 1.807) is 17.4 Å². The highest BCUT2D eigenvalue weighted by atomic mass is 32.1. The Morgan fingerprint density at radius 2 is 2.21 bits per heavy atom. The first-order chi connectivity index (χ1) is 14.0. The molecule has 1 unspecified atom stereocenters. The minimum absolute atomic E-state index is 0.0369. The van der Waals surface area contributed by atoms with Crippen molar-refractivity contribution < 1.29 is 14.3 Å². The minimum Gasteiger partial charge on any atom is -0.497 e. The van der Waals surface area contributed by atoms with Crippen LogP contribution in [-0.2, 0) is 4.79 Å². The van der Waals surface area contributed by atoms with Crippen molar-refractivity contribution >= 4 is 34.0 Å². The lowest BCUT2D eigenvalue weighted by Crippen LogP contribution is -2.46. The molecule has 0 spiro atoms. The molecule has 1 aliphatic rings. The molecule has 8 heteroatoms. The van der Waals surface area contributed by atoms with Gasteiger partial charge in [0.05, 0.1) is 13.0 Å². The smallest absolute Gasteiger partial charge is 0.273 e. The zero-order chi connectivity index (χ0) is 20.8. The number of piperidine rings is 1. The number of benzene rings is 1. The summed E-state index contributed by atoms with van der Waals surface area (Å²) in [6, 6.07) is 7.54. The maximum Gasteiger partial charge on any atom is 0.273 e. The van der Waals surface area contributed by atoms with Gasteiger partial charge in [-0.25, -0.2) is 4.98 Å². The highest BCUT2D eigenvalue weighted by Crippen LogP contribution is 2.25. The maximum atomic E-state index is 12.9. The van der Waals surface area contributed by atoms with Crippen LogP contribution in [0.3, 0.4) is 0 Å². The molecule has 0 radical (unpaired) electrons. The fraction of sp³-hybridized carbons (Fsp3) is 0.476. The van der Waals surface area contributed by atoms with Crippen LogP contribution < -0.4 is 15.4 Å². The summed E-state index contributed by atoms with van der Waals surface area (Å²) in [5.74, 6) is 0.916. The van der Waals surface area contributed by atoms with Crippen LogP contribution in [-0.4, -0.2) is 48.4 Å². The zero-order valence-corrected chi connectivity index (χ0v) is 17.9. The van der Waals surface area contributed by atoms with Crippen molar-refractivity contribution in [3.05, 3.63) is 35.3 Å². The molecular weight excluding hydrogens is 388 g/mol. The molecular formula is C21H28N4O3S. The van der Waals surface area contributed by atoms with E-state index in [2.05, 4.69) is 29.5 Å². The van der Waals surface area contributed by atoms with Crippen LogP contribution in [0.4, 0.5) is 10.8 Å². The highest BCUT2D eigenvalue weighted by Gasteiger charge is 2.29. The van der Waals surface area contributed by atoms with E-state index in [0.717, 1.165) is 24.3 Å². The van der Waals surface area contributed by atoms with Gasteiger partial charge < -0.3 is 20.3 Å². The van der Waals surface area contributed by atoms with Gasteiger partial charge >= 0.3 is 0 Å². The van der Waals surface area contributed by atoms with Crippen molar-refractivity contribution in [3.8, 4) is 5.75 Å². The Kier molecular flexibility index (Phi) is 7.09. The van der Waals surface area contributed by atoms with Crippen LogP contribution in [0.15, 0.2) is 29.6 Å². The highest BCUT2D eigenvalue weighted by molar-refractivity contribution is 7.14. The molecule has 29 heavy (non-hydrogen) atoms. The summed E-state index contributed by atoms with van der Waals surface area (Å²) < 4.78 is 5.22. The number of rotatable bonds is 7. The summed E-state index contributed by atoms with van der Waals surface area (Å²) in [6.07, 6.45) is 1.64. The lowest BCUT2D eigenvalue weighted by Gasteiger charge is -2.31. The molecule has 0 bridgehead atoms. The van der Waals surface area contributed by atoms with E-state index in [9.17, 15) is 9.59 Å². The molecule has 156 valence electrons. The second-order valence-electron chi connectivity index (χ2n) is 7.62. The third kappa shape index (κ3) is 5.69. The van der Waals surface area contributed by atoms with E-state index in [-0.39, 0.29) is 17.7 Å². The van der Waals surface area contributed by atoms with Crippen molar-refractivity contribution in [2.45, 2.75) is 26.7 Å². The molecule has 2 amide bonds. The number of ether oxygens (including phenoxy) is 1. The number of likely N-dealkylation sites (tertiary alicyclic amines) is 1. The quantitative estimate of drug-likeness (QED) is 0.722. The number of methoxy groups -OCH3 is 1. The monoisotopic (exact) mass is 416 g/mol. The van der Waals surface area contributed by atoms with Gasteiger partial charge in [-0.1, -0.05) is 19.9 Å². The van der Waals surface area contributed by atoms with Gasteiger partial charge in [-0.2, -0.15) is 0 Å². The van der Waals surface area contributed by atoms with E-state index < -0.39 is 0 Å². The number of carbonyl (C=O) groups excluding carboxylic acids is 2. The van der Waals surface area contributed by atoms with Crippen molar-refractivity contribution in [1.82, 2.24) is 15.2 Å². The number of hydrogen-bond donors (Lipinski definition) is 2. The fourth-order valence-corrected chi connectivity index (χ4v) is 3.94. The molecule has 1 saturated heterocycles. The predicted molar refractivity (Wildman–Crippen MR) is 115 cm³/mol. The van der Waals surface area contributed by atoms with Crippen LogP contribution in [0.2, 0.25) is 0 Å². The first kappa shape index (κ1) is 21.1. The van der Waals surface area contributed by atoms with Crippen molar-refractivity contribution in [2.75, 3.05) is 32.1 Å². The number of aromatic nitrogens is 1. The van der Waals surface area contributed by atoms with Crippen LogP contribution in [0.25, 0.3) is 0 Å². The molecule has 3 rings (SSSR count). The normalized spacial score (nSPS) is 16.6. The number of nitrogens with zero attached hydrogens (tertiary/aromatic N) is 2. The summed E-state index contributed by atoms with van der Waals surface area (Å²) in [6.45, 7) is 5.89. The Balaban J connectivity index is 1.60. The lowest BCUT2D eigenvalue weighted by molar-refractivity contribution is -0.126. The topological polar surface area (TPSA) is 83.6 Å². The largest absolute Gasteiger partial charge is 0.497 e. The molecule has 2 aromatic rings. The molecule has 2 N–H and O–H groups in total. The molecule has 7 nitrogen and oxygen atoms in total. The van der Waals surface area contributed by atoms with Crippen LogP contribution in [0.5, 0.6) is 5.75 Å². The van der Waals surface area contributed by atoms with Gasteiger partial charge in [0.1, 0.15) is 11.4 Å². The van der Waals surface area contributed by atoms with Gasteiger partial charge in [0, 0.05) is 36.8 Å². The summed E-state index contributed by atoms with van der Waals surface area (Å²) in [5, 5.41) is 8.59. The molecule has 0 aliphatic carbocycles. The van der Waals surface area contributed by atoms with Crippen LogP contribution in [0.1, 0.15) is 37.2 Å². The molecule has 1 fully saturated rings. The second-order valence-corrected chi connectivity index (χ2v) is 8.48. The van der Waals surface area contributed by atoms with Crippen molar-refractivity contribution in [3.63, 3.8) is 0 Å². The molecule has 1 aromatic heterocycles.